The smallest absolute Gasteiger partial charge is 0.167 e. The quantitative estimate of drug-likeness (QED) is 0.359. The second kappa shape index (κ2) is 9.21. The van der Waals surface area contributed by atoms with E-state index < -0.39 is 5.41 Å². The fourth-order valence-corrected chi connectivity index (χ4v) is 3.48. The molecule has 0 unspecified atom stereocenters. The Labute approximate surface area is 170 Å². The van der Waals surface area contributed by atoms with Gasteiger partial charge in [0.05, 0.1) is 5.41 Å². The third-order valence-electron chi connectivity index (χ3n) is 4.53. The lowest BCUT2D eigenvalue weighted by Crippen LogP contribution is -3.00. The van der Waals surface area contributed by atoms with E-state index in [0.717, 1.165) is 11.1 Å². The summed E-state index contributed by atoms with van der Waals surface area (Å²) in [5.41, 5.74) is 4.22. The van der Waals surface area contributed by atoms with Gasteiger partial charge in [-0.1, -0.05) is 0 Å². The molecule has 2 N–H and O–H groups in total. The molecule has 0 saturated heterocycles. The van der Waals surface area contributed by atoms with E-state index in [1.807, 2.05) is 49.6 Å². The summed E-state index contributed by atoms with van der Waals surface area (Å²) in [6.45, 7) is 0. The van der Waals surface area contributed by atoms with E-state index in [2.05, 4.69) is 68.5 Å². The topological polar surface area (TPSA) is 54.1 Å². The van der Waals surface area contributed by atoms with Gasteiger partial charge in [0, 0.05) is 49.1 Å². The van der Waals surface area contributed by atoms with E-state index in [-0.39, 0.29) is 24.8 Å². The summed E-state index contributed by atoms with van der Waals surface area (Å²) in [6.07, 6.45) is 15.2. The highest BCUT2D eigenvalue weighted by Crippen LogP contribution is 2.43. The number of nitrogens with one attached hydrogen (secondary N) is 2. The molecule has 27 heavy (non-hydrogen) atoms. The van der Waals surface area contributed by atoms with Crippen molar-refractivity contribution in [1.82, 2.24) is 9.97 Å². The Balaban J connectivity index is 0.00000131. The highest BCUT2D eigenvalue weighted by Gasteiger charge is 2.39. The second-order valence-electron chi connectivity index (χ2n) is 5.80. The van der Waals surface area contributed by atoms with E-state index >= 15 is 0 Å². The molecule has 0 saturated carbocycles. The Morgan fingerprint density at radius 2 is 0.778 bits per heavy atom. The fourth-order valence-electron chi connectivity index (χ4n) is 3.48. The van der Waals surface area contributed by atoms with Gasteiger partial charge in [-0.3, -0.25) is 9.97 Å². The average molecular weight is 397 g/mol. The lowest BCUT2D eigenvalue weighted by atomic mass is 9.66. The first-order chi connectivity index (χ1) is 12.4. The fraction of sp³-hybridized carbons (Fsp3) is 0.0476. The molecule has 0 aliphatic rings. The lowest BCUT2D eigenvalue weighted by Gasteiger charge is -2.35. The molecule has 6 heteroatoms. The van der Waals surface area contributed by atoms with Crippen molar-refractivity contribution >= 4 is 0 Å². The number of rotatable bonds is 4. The van der Waals surface area contributed by atoms with Crippen molar-refractivity contribution in [3.63, 3.8) is 0 Å². The molecule has 0 aliphatic carbocycles. The molecule has 0 amide bonds. The van der Waals surface area contributed by atoms with Gasteiger partial charge in [-0.25, -0.2) is 9.97 Å². The van der Waals surface area contributed by atoms with Gasteiger partial charge >= 0.3 is 0 Å². The Kier molecular flexibility index (Phi) is 6.99. The minimum atomic E-state index is -0.448. The largest absolute Gasteiger partial charge is 1.00 e. The standard InChI is InChI=1S/C21H16N4.2ClH/c1-9-22-10-2-17(1)21(18-3-11-23-12-4-18,19-5-13-24-14-6-19)20-7-15-25-16-8-20;;/h1-16H;2*1H. The third-order valence-corrected chi connectivity index (χ3v) is 4.53. The second-order valence-corrected chi connectivity index (χ2v) is 5.80. The third kappa shape index (κ3) is 3.68. The van der Waals surface area contributed by atoms with E-state index in [9.17, 15) is 0 Å². The van der Waals surface area contributed by atoms with E-state index in [0.29, 0.717) is 0 Å². The number of aromatic amines is 2. The molecule has 4 heterocycles. The van der Waals surface area contributed by atoms with Gasteiger partial charge in [-0.15, -0.1) is 0 Å². The Morgan fingerprint density at radius 3 is 1.11 bits per heavy atom. The van der Waals surface area contributed by atoms with Crippen molar-refractivity contribution in [2.24, 2.45) is 0 Å². The van der Waals surface area contributed by atoms with Crippen LogP contribution in [0.3, 0.4) is 0 Å². The van der Waals surface area contributed by atoms with Crippen molar-refractivity contribution in [3.8, 4) is 0 Å². The highest BCUT2D eigenvalue weighted by atomic mass is 35.5. The zero-order chi connectivity index (χ0) is 17.0. The molecule has 136 valence electrons. The summed E-state index contributed by atoms with van der Waals surface area (Å²) < 4.78 is 0. The molecule has 0 aromatic carbocycles. The van der Waals surface area contributed by atoms with Gasteiger partial charge in [0.1, 0.15) is 0 Å². The molecule has 4 aromatic heterocycles. The predicted octanol–water partition coefficient (Wildman–Crippen LogP) is -3.50. The van der Waals surface area contributed by atoms with Crippen LogP contribution in [-0.4, -0.2) is 9.97 Å². The van der Waals surface area contributed by atoms with Crippen LogP contribution in [0.15, 0.2) is 98.1 Å². The molecule has 0 bridgehead atoms. The van der Waals surface area contributed by atoms with Crippen LogP contribution >= 0.6 is 0 Å². The summed E-state index contributed by atoms with van der Waals surface area (Å²) in [7, 11) is 0. The van der Waals surface area contributed by atoms with Gasteiger partial charge in [-0.05, 0) is 46.5 Å². The van der Waals surface area contributed by atoms with E-state index in [4.69, 9.17) is 0 Å². The minimum Gasteiger partial charge on any atom is -1.00 e. The van der Waals surface area contributed by atoms with Crippen LogP contribution in [0.5, 0.6) is 0 Å². The van der Waals surface area contributed by atoms with Gasteiger partial charge in [0.15, 0.2) is 24.8 Å². The summed E-state index contributed by atoms with van der Waals surface area (Å²) in [6, 6.07) is 16.8. The molecule has 4 nitrogen and oxygen atoms in total. The van der Waals surface area contributed by atoms with Crippen molar-refractivity contribution < 1.29 is 34.8 Å². The van der Waals surface area contributed by atoms with Crippen LogP contribution in [0, 0.1) is 0 Å². The van der Waals surface area contributed by atoms with Crippen molar-refractivity contribution in [3.05, 3.63) is 120 Å². The van der Waals surface area contributed by atoms with Gasteiger partial charge in [0.25, 0.3) is 0 Å². The maximum atomic E-state index is 4.22. The van der Waals surface area contributed by atoms with Crippen LogP contribution in [0.25, 0.3) is 0 Å². The van der Waals surface area contributed by atoms with Gasteiger partial charge in [0.2, 0.25) is 0 Å². The summed E-state index contributed by atoms with van der Waals surface area (Å²) in [4.78, 5) is 14.7. The molecular weight excluding hydrogens is 379 g/mol. The maximum absolute atomic E-state index is 4.22. The van der Waals surface area contributed by atoms with Crippen molar-refractivity contribution in [2.45, 2.75) is 5.41 Å². The normalized spacial score (nSPS) is 10.4. The number of pyridine rings is 4. The Morgan fingerprint density at radius 1 is 0.481 bits per heavy atom. The maximum Gasteiger partial charge on any atom is 0.167 e. The number of hydrogen-bond donors (Lipinski definition) is 0. The summed E-state index contributed by atoms with van der Waals surface area (Å²) >= 11 is 0. The first kappa shape index (κ1) is 20.5. The number of nitrogens with zero attached hydrogens (tertiary/aromatic N) is 2. The molecule has 0 radical (unpaired) electrons. The Hall–Kier alpha value is -2.82. The van der Waals surface area contributed by atoms with E-state index in [1.165, 1.54) is 11.1 Å². The predicted molar refractivity (Wildman–Crippen MR) is 93.5 cm³/mol. The van der Waals surface area contributed by atoms with Crippen molar-refractivity contribution in [1.29, 1.82) is 0 Å². The number of aromatic nitrogens is 4. The minimum absolute atomic E-state index is 0. The zero-order valence-corrected chi connectivity index (χ0v) is 15.9. The number of H-pyrrole nitrogens is 2. The SMILES string of the molecule is [Cl-].[Cl-].c1cc(C(c2ccncc2)(c2cc[nH+]cc2)c2cc[nH+]cc2)ccn1. The summed E-state index contributed by atoms with van der Waals surface area (Å²) in [5, 5.41) is 0. The van der Waals surface area contributed by atoms with Crippen LogP contribution in [0.4, 0.5) is 0 Å². The number of halogens is 2. The molecule has 4 rings (SSSR count). The van der Waals surface area contributed by atoms with Crippen LogP contribution in [-0.2, 0) is 5.41 Å². The van der Waals surface area contributed by atoms with E-state index in [1.54, 1.807) is 0 Å². The molecule has 4 aromatic rings. The van der Waals surface area contributed by atoms with Crippen LogP contribution < -0.4 is 34.8 Å². The first-order valence-electron chi connectivity index (χ1n) is 8.16. The first-order valence-corrected chi connectivity index (χ1v) is 8.16. The molecular formula is C21H18Cl2N4. The molecule has 0 aliphatic heterocycles. The van der Waals surface area contributed by atoms with Gasteiger partial charge < -0.3 is 24.8 Å². The van der Waals surface area contributed by atoms with Crippen molar-refractivity contribution in [2.75, 3.05) is 0 Å². The molecule has 0 spiro atoms. The van der Waals surface area contributed by atoms with Gasteiger partial charge in [-0.2, -0.15) is 0 Å². The zero-order valence-electron chi connectivity index (χ0n) is 14.4. The summed E-state index contributed by atoms with van der Waals surface area (Å²) in [5.74, 6) is 0. The van der Waals surface area contributed by atoms with Crippen LogP contribution in [0.2, 0.25) is 0 Å². The highest BCUT2D eigenvalue weighted by molar-refractivity contribution is 5.58. The van der Waals surface area contributed by atoms with Crippen LogP contribution in [0.1, 0.15) is 22.3 Å². The molecule has 0 fully saturated rings. The monoisotopic (exact) mass is 396 g/mol. The number of hydrogen-bond acceptors (Lipinski definition) is 2. The Bertz CT molecular complexity index is 773. The average Bonchev–Trinajstić information content (AvgIpc) is 2.72. The molecule has 0 atom stereocenters. The lowest BCUT2D eigenvalue weighted by molar-refractivity contribution is -0.378.